The van der Waals surface area contributed by atoms with E-state index in [9.17, 15) is 26.7 Å². The molecule has 0 saturated heterocycles. The number of rotatable bonds is 6. The molecule has 12 heteroatoms. The van der Waals surface area contributed by atoms with E-state index in [0.717, 1.165) is 5.69 Å². The average molecular weight is 531 g/mol. The number of nitrogens with one attached hydrogen (secondary N) is 1. The molecule has 0 radical (unpaired) electrons. The van der Waals surface area contributed by atoms with Crippen LogP contribution in [-0.4, -0.2) is 40.6 Å². The molecule has 2 atom stereocenters. The number of para-hydroxylation sites is 2. The van der Waals surface area contributed by atoms with Crippen molar-refractivity contribution < 1.29 is 31.4 Å². The van der Waals surface area contributed by atoms with Crippen LogP contribution in [0.5, 0.6) is 5.75 Å². The van der Waals surface area contributed by atoms with Gasteiger partial charge in [0.2, 0.25) is 0 Å². The molecule has 0 amide bonds. The minimum Gasteiger partial charge on any atom is -0.493 e. The van der Waals surface area contributed by atoms with Gasteiger partial charge in [0.25, 0.3) is 0 Å². The summed E-state index contributed by atoms with van der Waals surface area (Å²) in [7, 11) is -5.59. The number of aliphatic hydroxyl groups excluding tert-OH is 1. The second kappa shape index (κ2) is 9.52. The highest BCUT2D eigenvalue weighted by atomic mass is 32.2. The van der Waals surface area contributed by atoms with Crippen molar-refractivity contribution in [3.8, 4) is 22.6 Å². The summed E-state index contributed by atoms with van der Waals surface area (Å²) < 4.78 is 71.1. The number of nitrogens with zero attached hydrogens (tertiary/aromatic N) is 3. The number of ether oxygens (including phenoxy) is 1. The van der Waals surface area contributed by atoms with Gasteiger partial charge in [-0.2, -0.15) is 21.6 Å². The SMILES string of the molecule is O=S(=O)(Nc1ccccc1-c1ccc2c(c1)OCC(Cc1cn(-c3ccccc3)nn1)[C@@H]2O)C(F)(F)F. The first-order valence-corrected chi connectivity index (χ1v) is 12.7. The molecule has 0 aliphatic carbocycles. The normalized spacial score (nSPS) is 17.6. The van der Waals surface area contributed by atoms with E-state index in [4.69, 9.17) is 4.74 Å². The van der Waals surface area contributed by atoms with Crippen LogP contribution in [0.25, 0.3) is 16.8 Å². The minimum atomic E-state index is -5.59. The summed E-state index contributed by atoms with van der Waals surface area (Å²) in [5.74, 6) is 0.0628. The Morgan fingerprint density at radius 3 is 2.54 bits per heavy atom. The molecule has 0 bridgehead atoms. The number of fused-ring (bicyclic) bond motifs is 1. The summed E-state index contributed by atoms with van der Waals surface area (Å²) in [6, 6.07) is 20.0. The molecule has 3 aromatic carbocycles. The van der Waals surface area contributed by atoms with Crippen molar-refractivity contribution in [3.63, 3.8) is 0 Å². The molecular weight excluding hydrogens is 509 g/mol. The maximum absolute atomic E-state index is 12.9. The summed E-state index contributed by atoms with van der Waals surface area (Å²) in [6.07, 6.45) is 1.33. The Morgan fingerprint density at radius 1 is 1.05 bits per heavy atom. The van der Waals surface area contributed by atoms with Crippen LogP contribution in [0.2, 0.25) is 0 Å². The molecular formula is C25H21F3N4O4S. The number of hydrogen-bond donors (Lipinski definition) is 2. The van der Waals surface area contributed by atoms with Crippen LogP contribution in [0.4, 0.5) is 18.9 Å². The lowest BCUT2D eigenvalue weighted by molar-refractivity contribution is -0.0429. The molecule has 0 fully saturated rings. The van der Waals surface area contributed by atoms with Crippen molar-refractivity contribution in [1.29, 1.82) is 0 Å². The van der Waals surface area contributed by atoms with Gasteiger partial charge < -0.3 is 9.84 Å². The van der Waals surface area contributed by atoms with Gasteiger partial charge in [-0.15, -0.1) is 5.10 Å². The molecule has 1 unspecified atom stereocenters. The molecule has 0 spiro atoms. The Balaban J connectivity index is 1.36. The molecule has 2 heterocycles. The average Bonchev–Trinajstić information content (AvgIpc) is 3.34. The monoisotopic (exact) mass is 530 g/mol. The topological polar surface area (TPSA) is 106 Å². The smallest absolute Gasteiger partial charge is 0.493 e. The van der Waals surface area contributed by atoms with E-state index < -0.39 is 21.6 Å². The fourth-order valence-corrected chi connectivity index (χ4v) is 4.76. The second-order valence-corrected chi connectivity index (χ2v) is 10.2. The van der Waals surface area contributed by atoms with Gasteiger partial charge in [0.05, 0.1) is 36.0 Å². The highest BCUT2D eigenvalue weighted by molar-refractivity contribution is 7.93. The zero-order valence-corrected chi connectivity index (χ0v) is 19.9. The number of halogens is 3. The first kappa shape index (κ1) is 24.8. The lowest BCUT2D eigenvalue weighted by atomic mass is 9.88. The predicted molar refractivity (Wildman–Crippen MR) is 129 cm³/mol. The molecule has 1 aliphatic heterocycles. The van der Waals surface area contributed by atoms with Crippen LogP contribution in [0.3, 0.4) is 0 Å². The predicted octanol–water partition coefficient (Wildman–Crippen LogP) is 4.48. The first-order chi connectivity index (χ1) is 17.6. The molecule has 4 aromatic rings. The molecule has 8 nitrogen and oxygen atoms in total. The summed E-state index contributed by atoms with van der Waals surface area (Å²) in [4.78, 5) is 0. The lowest BCUT2D eigenvalue weighted by Crippen LogP contribution is -2.30. The number of aliphatic hydroxyl groups is 1. The third-order valence-corrected chi connectivity index (χ3v) is 7.15. The third kappa shape index (κ3) is 5.02. The minimum absolute atomic E-state index is 0.179. The largest absolute Gasteiger partial charge is 0.516 e. The van der Waals surface area contributed by atoms with Crippen molar-refractivity contribution in [2.24, 2.45) is 5.92 Å². The zero-order chi connectivity index (χ0) is 26.2. The van der Waals surface area contributed by atoms with Gasteiger partial charge in [-0.3, -0.25) is 4.72 Å². The first-order valence-electron chi connectivity index (χ1n) is 11.2. The van der Waals surface area contributed by atoms with E-state index in [1.165, 1.54) is 18.2 Å². The van der Waals surface area contributed by atoms with E-state index in [1.54, 1.807) is 39.9 Å². The third-order valence-electron chi connectivity index (χ3n) is 6.05. The van der Waals surface area contributed by atoms with E-state index >= 15 is 0 Å². The second-order valence-electron chi connectivity index (χ2n) is 8.56. The Hall–Kier alpha value is -3.90. The number of hydrogen-bond acceptors (Lipinski definition) is 6. The highest BCUT2D eigenvalue weighted by Crippen LogP contribution is 2.41. The molecule has 2 N–H and O–H groups in total. The van der Waals surface area contributed by atoms with Crippen LogP contribution in [0, 0.1) is 5.92 Å². The number of sulfonamides is 1. The molecule has 5 rings (SSSR count). The Morgan fingerprint density at radius 2 is 1.78 bits per heavy atom. The number of benzene rings is 3. The number of aromatic nitrogens is 3. The van der Waals surface area contributed by atoms with Crippen molar-refractivity contribution in [2.75, 3.05) is 11.3 Å². The number of anilines is 1. The molecule has 0 saturated carbocycles. The van der Waals surface area contributed by atoms with Gasteiger partial charge in [-0.25, -0.2) is 4.68 Å². The summed E-state index contributed by atoms with van der Waals surface area (Å²) in [6.45, 7) is 0.179. The van der Waals surface area contributed by atoms with E-state index in [-0.39, 0.29) is 23.8 Å². The molecule has 192 valence electrons. The van der Waals surface area contributed by atoms with Gasteiger partial charge >= 0.3 is 15.5 Å². The summed E-state index contributed by atoms with van der Waals surface area (Å²) >= 11 is 0. The van der Waals surface area contributed by atoms with Gasteiger partial charge in [0.15, 0.2) is 0 Å². The van der Waals surface area contributed by atoms with Crippen molar-refractivity contribution >= 4 is 15.7 Å². The number of alkyl halides is 3. The van der Waals surface area contributed by atoms with Gasteiger partial charge in [-0.1, -0.05) is 53.7 Å². The summed E-state index contributed by atoms with van der Waals surface area (Å²) in [5.41, 5.74) is -2.96. The Bertz CT molecular complexity index is 1520. The molecule has 1 aliphatic rings. The standard InChI is InChI=1S/C25H21F3N4O4S/c26-25(27,28)37(34,35)30-22-9-5-4-8-20(22)16-10-11-21-23(13-16)36-15-17(24(21)33)12-18-14-32(31-29-18)19-6-2-1-3-7-19/h1-11,13-14,17,24,30,33H,12,15H2/t17?,24-/m0/s1. The molecule has 37 heavy (non-hydrogen) atoms. The summed E-state index contributed by atoms with van der Waals surface area (Å²) in [5, 5.41) is 19.4. The van der Waals surface area contributed by atoms with Gasteiger partial charge in [-0.05, 0) is 29.8 Å². The lowest BCUT2D eigenvalue weighted by Gasteiger charge is -2.30. The Labute approximate surface area is 210 Å². The van der Waals surface area contributed by atoms with Crippen molar-refractivity contribution in [2.45, 2.75) is 18.0 Å². The van der Waals surface area contributed by atoms with Crippen molar-refractivity contribution in [3.05, 3.63) is 90.3 Å². The highest BCUT2D eigenvalue weighted by Gasteiger charge is 2.46. The Kier molecular flexibility index (Phi) is 6.38. The van der Waals surface area contributed by atoms with Crippen LogP contribution in [0.15, 0.2) is 79.0 Å². The quantitative estimate of drug-likeness (QED) is 0.381. The van der Waals surface area contributed by atoms with E-state index in [2.05, 4.69) is 10.3 Å². The van der Waals surface area contributed by atoms with Crippen molar-refractivity contribution in [1.82, 2.24) is 15.0 Å². The zero-order valence-electron chi connectivity index (χ0n) is 19.1. The maximum Gasteiger partial charge on any atom is 0.516 e. The molecule has 1 aromatic heterocycles. The maximum atomic E-state index is 12.9. The van der Waals surface area contributed by atoms with Gasteiger partial charge in [0.1, 0.15) is 5.75 Å². The fourth-order valence-electron chi connectivity index (χ4n) is 4.18. The van der Waals surface area contributed by atoms with Crippen LogP contribution < -0.4 is 9.46 Å². The van der Waals surface area contributed by atoms with Crippen LogP contribution >= 0.6 is 0 Å². The van der Waals surface area contributed by atoms with Gasteiger partial charge in [0, 0.05) is 23.5 Å². The van der Waals surface area contributed by atoms with Crippen LogP contribution in [0.1, 0.15) is 17.4 Å². The van der Waals surface area contributed by atoms with Crippen LogP contribution in [-0.2, 0) is 16.4 Å². The van der Waals surface area contributed by atoms with E-state index in [0.29, 0.717) is 29.0 Å². The fraction of sp³-hybridized carbons (Fsp3) is 0.200. The van der Waals surface area contributed by atoms with E-state index in [1.807, 2.05) is 30.3 Å².